The summed E-state index contributed by atoms with van der Waals surface area (Å²) in [5.74, 6) is 0.0657. The first-order valence-electron chi connectivity index (χ1n) is 5.45. The molecule has 0 aliphatic carbocycles. The van der Waals surface area contributed by atoms with E-state index in [0.29, 0.717) is 6.42 Å². The van der Waals surface area contributed by atoms with E-state index in [1.807, 2.05) is 6.92 Å². The van der Waals surface area contributed by atoms with Crippen LogP contribution in [-0.2, 0) is 10.5 Å². The van der Waals surface area contributed by atoms with Crippen LogP contribution in [0.4, 0.5) is 0 Å². The third-order valence-corrected chi connectivity index (χ3v) is 4.01. The lowest BCUT2D eigenvalue weighted by atomic mass is 10.1. The minimum Gasteiger partial charge on any atom is -0.480 e. The molecule has 0 saturated heterocycles. The zero-order valence-electron chi connectivity index (χ0n) is 9.99. The molecule has 0 fully saturated rings. The van der Waals surface area contributed by atoms with Crippen LogP contribution in [0.15, 0.2) is 18.2 Å². The molecule has 0 radical (unpaired) electrons. The molecule has 1 aromatic rings. The predicted octanol–water partition coefficient (Wildman–Crippen LogP) is 3.40. The molecule has 1 unspecified atom stereocenters. The summed E-state index contributed by atoms with van der Waals surface area (Å²) >= 11 is 1.51. The van der Waals surface area contributed by atoms with Gasteiger partial charge in [0, 0.05) is 5.75 Å². The van der Waals surface area contributed by atoms with Crippen molar-refractivity contribution in [3.63, 3.8) is 0 Å². The monoisotopic (exact) mass is 238 g/mol. The Morgan fingerprint density at radius 3 is 2.69 bits per heavy atom. The van der Waals surface area contributed by atoms with Gasteiger partial charge < -0.3 is 5.11 Å². The van der Waals surface area contributed by atoms with Crippen LogP contribution in [0.3, 0.4) is 0 Å². The van der Waals surface area contributed by atoms with Crippen molar-refractivity contribution in [2.75, 3.05) is 0 Å². The lowest BCUT2D eigenvalue weighted by Crippen LogP contribution is -2.15. The molecule has 3 heteroatoms. The second-order valence-electron chi connectivity index (χ2n) is 3.98. The maximum Gasteiger partial charge on any atom is 0.316 e. The Bertz CT molecular complexity index is 374. The van der Waals surface area contributed by atoms with Gasteiger partial charge in [0.2, 0.25) is 0 Å². The Hall–Kier alpha value is -0.960. The SMILES string of the molecule is CCC(SCc1cc(C)ccc1C)C(=O)O. The summed E-state index contributed by atoms with van der Waals surface area (Å²) in [5.41, 5.74) is 3.70. The van der Waals surface area contributed by atoms with E-state index in [2.05, 4.69) is 32.0 Å². The largest absolute Gasteiger partial charge is 0.480 e. The van der Waals surface area contributed by atoms with Gasteiger partial charge in [-0.25, -0.2) is 0 Å². The zero-order chi connectivity index (χ0) is 12.1. The van der Waals surface area contributed by atoms with Crippen molar-refractivity contribution in [2.24, 2.45) is 0 Å². The number of hydrogen-bond acceptors (Lipinski definition) is 2. The lowest BCUT2D eigenvalue weighted by Gasteiger charge is -2.11. The van der Waals surface area contributed by atoms with Crippen molar-refractivity contribution >= 4 is 17.7 Å². The third-order valence-electron chi connectivity index (χ3n) is 2.59. The molecule has 88 valence electrons. The van der Waals surface area contributed by atoms with E-state index in [4.69, 9.17) is 5.11 Å². The van der Waals surface area contributed by atoms with Gasteiger partial charge >= 0.3 is 5.97 Å². The average molecular weight is 238 g/mol. The number of rotatable bonds is 5. The Kier molecular flexibility index (Phi) is 4.87. The molecular weight excluding hydrogens is 220 g/mol. The number of carboxylic acid groups (broad SMARTS) is 1. The highest BCUT2D eigenvalue weighted by molar-refractivity contribution is 7.99. The van der Waals surface area contributed by atoms with E-state index >= 15 is 0 Å². The number of aliphatic carboxylic acids is 1. The fraction of sp³-hybridized carbons (Fsp3) is 0.462. The predicted molar refractivity (Wildman–Crippen MR) is 68.9 cm³/mol. The van der Waals surface area contributed by atoms with Crippen molar-refractivity contribution in [1.29, 1.82) is 0 Å². The van der Waals surface area contributed by atoms with Gasteiger partial charge in [0.1, 0.15) is 5.25 Å². The first kappa shape index (κ1) is 13.1. The van der Waals surface area contributed by atoms with Crippen LogP contribution >= 0.6 is 11.8 Å². The van der Waals surface area contributed by atoms with E-state index in [-0.39, 0.29) is 5.25 Å². The molecule has 0 aliphatic heterocycles. The van der Waals surface area contributed by atoms with E-state index in [0.717, 1.165) is 5.75 Å². The minimum absolute atomic E-state index is 0.292. The summed E-state index contributed by atoms with van der Waals surface area (Å²) in [5, 5.41) is 8.66. The lowest BCUT2D eigenvalue weighted by molar-refractivity contribution is -0.136. The smallest absolute Gasteiger partial charge is 0.316 e. The second kappa shape index (κ2) is 5.94. The van der Waals surface area contributed by atoms with Gasteiger partial charge in [-0.3, -0.25) is 4.79 Å². The first-order chi connectivity index (χ1) is 7.54. The summed E-state index contributed by atoms with van der Waals surface area (Å²) in [7, 11) is 0. The molecule has 0 saturated carbocycles. The molecular formula is C13H18O2S. The quantitative estimate of drug-likeness (QED) is 0.854. The molecule has 0 heterocycles. The Morgan fingerprint density at radius 1 is 1.44 bits per heavy atom. The van der Waals surface area contributed by atoms with Crippen molar-refractivity contribution in [2.45, 2.75) is 38.2 Å². The van der Waals surface area contributed by atoms with Crippen molar-refractivity contribution in [3.05, 3.63) is 34.9 Å². The van der Waals surface area contributed by atoms with E-state index in [1.165, 1.54) is 28.5 Å². The number of carbonyl (C=O) groups is 1. The van der Waals surface area contributed by atoms with E-state index in [1.54, 1.807) is 0 Å². The fourth-order valence-electron chi connectivity index (χ4n) is 1.51. The van der Waals surface area contributed by atoms with Crippen LogP contribution in [0.2, 0.25) is 0 Å². The molecule has 0 aliphatic rings. The van der Waals surface area contributed by atoms with Crippen molar-refractivity contribution in [3.8, 4) is 0 Å². The number of thioether (sulfide) groups is 1. The molecule has 0 aromatic heterocycles. The van der Waals surface area contributed by atoms with Gasteiger partial charge in [-0.2, -0.15) is 0 Å². The number of aryl methyl sites for hydroxylation is 2. The van der Waals surface area contributed by atoms with E-state index in [9.17, 15) is 4.79 Å². The Labute approximate surface area is 101 Å². The summed E-state index contributed by atoms with van der Waals surface area (Å²) in [4.78, 5) is 10.9. The molecule has 1 rings (SSSR count). The minimum atomic E-state index is -0.710. The zero-order valence-corrected chi connectivity index (χ0v) is 10.8. The number of benzene rings is 1. The number of hydrogen-bond donors (Lipinski definition) is 1. The molecule has 2 nitrogen and oxygen atoms in total. The molecule has 1 N–H and O–H groups in total. The summed E-state index contributed by atoms with van der Waals surface area (Å²) in [6, 6.07) is 6.31. The summed E-state index contributed by atoms with van der Waals surface area (Å²) < 4.78 is 0. The highest BCUT2D eigenvalue weighted by atomic mass is 32.2. The topological polar surface area (TPSA) is 37.3 Å². The van der Waals surface area contributed by atoms with Crippen LogP contribution in [0, 0.1) is 13.8 Å². The van der Waals surface area contributed by atoms with Gasteiger partial charge in [-0.1, -0.05) is 30.7 Å². The molecule has 1 atom stereocenters. The van der Waals surface area contributed by atoms with Crippen LogP contribution in [0.25, 0.3) is 0 Å². The van der Waals surface area contributed by atoms with E-state index < -0.39 is 5.97 Å². The third kappa shape index (κ3) is 3.56. The van der Waals surface area contributed by atoms with Crippen molar-refractivity contribution in [1.82, 2.24) is 0 Å². The van der Waals surface area contributed by atoms with Gasteiger partial charge in [0.25, 0.3) is 0 Å². The van der Waals surface area contributed by atoms with Crippen LogP contribution in [0.5, 0.6) is 0 Å². The van der Waals surface area contributed by atoms with Gasteiger partial charge in [0.05, 0.1) is 0 Å². The maximum absolute atomic E-state index is 10.9. The molecule has 0 bridgehead atoms. The molecule has 16 heavy (non-hydrogen) atoms. The van der Waals surface area contributed by atoms with Gasteiger partial charge in [0.15, 0.2) is 0 Å². The molecule has 0 spiro atoms. The van der Waals surface area contributed by atoms with Crippen molar-refractivity contribution < 1.29 is 9.90 Å². The molecule has 0 amide bonds. The maximum atomic E-state index is 10.9. The highest BCUT2D eigenvalue weighted by Gasteiger charge is 2.15. The molecule has 1 aromatic carbocycles. The highest BCUT2D eigenvalue weighted by Crippen LogP contribution is 2.23. The number of carboxylic acids is 1. The van der Waals surface area contributed by atoms with Gasteiger partial charge in [-0.05, 0) is 31.4 Å². The van der Waals surface area contributed by atoms with Crippen LogP contribution in [-0.4, -0.2) is 16.3 Å². The normalized spacial score (nSPS) is 12.4. The van der Waals surface area contributed by atoms with Gasteiger partial charge in [-0.15, -0.1) is 11.8 Å². The first-order valence-corrected chi connectivity index (χ1v) is 6.50. The van der Waals surface area contributed by atoms with Crippen LogP contribution in [0.1, 0.15) is 30.0 Å². The Morgan fingerprint density at radius 2 is 2.12 bits per heavy atom. The van der Waals surface area contributed by atoms with Crippen LogP contribution < -0.4 is 0 Å². The fourth-order valence-corrected chi connectivity index (χ4v) is 2.58. The second-order valence-corrected chi connectivity index (χ2v) is 5.17. The average Bonchev–Trinajstić information content (AvgIpc) is 2.23. The standard InChI is InChI=1S/C13H18O2S/c1-4-12(13(14)15)16-8-11-7-9(2)5-6-10(11)3/h5-7,12H,4,8H2,1-3H3,(H,14,15). The summed E-state index contributed by atoms with van der Waals surface area (Å²) in [6.07, 6.45) is 0.671. The Balaban J connectivity index is 2.66. The summed E-state index contributed by atoms with van der Waals surface area (Å²) in [6.45, 7) is 6.04.